The molecule has 2 aromatic rings. The molecular weight excluding hydrogens is 214 g/mol. The van der Waals surface area contributed by atoms with Crippen molar-refractivity contribution >= 4 is 5.69 Å². The second-order valence-corrected chi connectivity index (χ2v) is 3.80. The van der Waals surface area contributed by atoms with Crippen molar-refractivity contribution < 1.29 is 10.2 Å². The number of para-hydroxylation sites is 2. The smallest absolute Gasteiger partial charge is 0.120 e. The SMILES string of the molecule is OCc1ccccc1NCc1ccccc1O. The summed E-state index contributed by atoms with van der Waals surface area (Å²) in [5, 5.41) is 22.0. The van der Waals surface area contributed by atoms with Gasteiger partial charge in [0, 0.05) is 23.4 Å². The highest BCUT2D eigenvalue weighted by molar-refractivity contribution is 5.51. The number of rotatable bonds is 4. The van der Waals surface area contributed by atoms with E-state index in [4.69, 9.17) is 0 Å². The lowest BCUT2D eigenvalue weighted by Gasteiger charge is -2.11. The Labute approximate surface area is 100 Å². The normalized spacial score (nSPS) is 10.2. The average Bonchev–Trinajstić information content (AvgIpc) is 2.38. The summed E-state index contributed by atoms with van der Waals surface area (Å²) in [6.45, 7) is 0.535. The first-order valence-electron chi connectivity index (χ1n) is 5.51. The molecule has 2 rings (SSSR count). The van der Waals surface area contributed by atoms with Crippen LogP contribution >= 0.6 is 0 Å². The third kappa shape index (κ3) is 2.77. The first kappa shape index (κ1) is 11.5. The van der Waals surface area contributed by atoms with Gasteiger partial charge in [0.15, 0.2) is 0 Å². The number of phenols is 1. The van der Waals surface area contributed by atoms with Crippen molar-refractivity contribution in [3.05, 3.63) is 59.7 Å². The van der Waals surface area contributed by atoms with Crippen molar-refractivity contribution in [1.82, 2.24) is 0 Å². The van der Waals surface area contributed by atoms with Gasteiger partial charge in [-0.1, -0.05) is 36.4 Å². The number of aliphatic hydroxyl groups is 1. The van der Waals surface area contributed by atoms with Gasteiger partial charge in [-0.25, -0.2) is 0 Å². The Morgan fingerprint density at radius 2 is 1.53 bits per heavy atom. The quantitative estimate of drug-likeness (QED) is 0.755. The van der Waals surface area contributed by atoms with Gasteiger partial charge in [0.25, 0.3) is 0 Å². The third-order valence-electron chi connectivity index (χ3n) is 2.65. The van der Waals surface area contributed by atoms with Gasteiger partial charge in [-0.15, -0.1) is 0 Å². The molecule has 0 heterocycles. The lowest BCUT2D eigenvalue weighted by atomic mass is 10.1. The van der Waals surface area contributed by atoms with E-state index in [1.807, 2.05) is 36.4 Å². The summed E-state index contributed by atoms with van der Waals surface area (Å²) in [6, 6.07) is 14.8. The highest BCUT2D eigenvalue weighted by atomic mass is 16.3. The number of aliphatic hydroxyl groups excluding tert-OH is 1. The first-order valence-corrected chi connectivity index (χ1v) is 5.51. The zero-order chi connectivity index (χ0) is 12.1. The molecule has 3 nitrogen and oxygen atoms in total. The van der Waals surface area contributed by atoms with Crippen LogP contribution in [0.4, 0.5) is 5.69 Å². The van der Waals surface area contributed by atoms with Crippen LogP contribution < -0.4 is 5.32 Å². The van der Waals surface area contributed by atoms with E-state index in [2.05, 4.69) is 5.32 Å². The molecule has 0 bridgehead atoms. The maximum atomic E-state index is 9.63. The first-order chi connectivity index (χ1) is 8.31. The summed E-state index contributed by atoms with van der Waals surface area (Å²) < 4.78 is 0. The maximum Gasteiger partial charge on any atom is 0.120 e. The molecule has 3 heteroatoms. The van der Waals surface area contributed by atoms with E-state index in [1.165, 1.54) is 0 Å². The van der Waals surface area contributed by atoms with Gasteiger partial charge in [-0.3, -0.25) is 0 Å². The zero-order valence-corrected chi connectivity index (χ0v) is 9.43. The molecular formula is C14H15NO2. The van der Waals surface area contributed by atoms with Gasteiger partial charge in [0.05, 0.1) is 6.61 Å². The molecule has 0 aliphatic heterocycles. The number of hydrogen-bond donors (Lipinski definition) is 3. The van der Waals surface area contributed by atoms with Crippen molar-refractivity contribution in [2.45, 2.75) is 13.2 Å². The van der Waals surface area contributed by atoms with E-state index >= 15 is 0 Å². The van der Waals surface area contributed by atoms with Crippen molar-refractivity contribution in [1.29, 1.82) is 0 Å². The predicted octanol–water partition coefficient (Wildman–Crippen LogP) is 2.50. The zero-order valence-electron chi connectivity index (χ0n) is 9.43. The Kier molecular flexibility index (Phi) is 3.62. The molecule has 0 aliphatic rings. The van der Waals surface area contributed by atoms with E-state index in [0.717, 1.165) is 16.8 Å². The van der Waals surface area contributed by atoms with Gasteiger partial charge in [-0.05, 0) is 12.1 Å². The molecule has 0 unspecified atom stereocenters. The largest absolute Gasteiger partial charge is 0.508 e. The van der Waals surface area contributed by atoms with Gasteiger partial charge in [0.2, 0.25) is 0 Å². The van der Waals surface area contributed by atoms with E-state index < -0.39 is 0 Å². The number of aromatic hydroxyl groups is 1. The molecule has 0 saturated carbocycles. The fourth-order valence-corrected chi connectivity index (χ4v) is 1.68. The number of phenolic OH excluding ortho intramolecular Hbond substituents is 1. The van der Waals surface area contributed by atoms with Crippen molar-refractivity contribution in [2.24, 2.45) is 0 Å². The van der Waals surface area contributed by atoms with Crippen molar-refractivity contribution in [3.63, 3.8) is 0 Å². The lowest BCUT2D eigenvalue weighted by Crippen LogP contribution is -2.02. The van der Waals surface area contributed by atoms with Gasteiger partial charge in [-0.2, -0.15) is 0 Å². The molecule has 0 radical (unpaired) electrons. The molecule has 0 atom stereocenters. The van der Waals surface area contributed by atoms with Crippen LogP contribution in [-0.4, -0.2) is 10.2 Å². The van der Waals surface area contributed by atoms with Gasteiger partial charge >= 0.3 is 0 Å². The number of benzene rings is 2. The standard InChI is InChI=1S/C14H15NO2/c16-10-12-6-1-3-7-13(12)15-9-11-5-2-4-8-14(11)17/h1-8,15-17H,9-10H2. The van der Waals surface area contributed by atoms with Crippen LogP contribution in [0.3, 0.4) is 0 Å². The summed E-state index contributed by atoms with van der Waals surface area (Å²) in [4.78, 5) is 0. The second-order valence-electron chi connectivity index (χ2n) is 3.80. The Balaban J connectivity index is 2.10. The molecule has 3 N–H and O–H groups in total. The van der Waals surface area contributed by atoms with Crippen LogP contribution in [0.5, 0.6) is 5.75 Å². The minimum Gasteiger partial charge on any atom is -0.508 e. The Hall–Kier alpha value is -2.00. The summed E-state index contributed by atoms with van der Waals surface area (Å²) in [5.74, 6) is 0.279. The van der Waals surface area contributed by atoms with Crippen LogP contribution in [0, 0.1) is 0 Å². The third-order valence-corrected chi connectivity index (χ3v) is 2.65. The molecule has 0 aliphatic carbocycles. The van der Waals surface area contributed by atoms with Crippen LogP contribution in [-0.2, 0) is 13.2 Å². The fraction of sp³-hybridized carbons (Fsp3) is 0.143. The molecule has 0 spiro atoms. The topological polar surface area (TPSA) is 52.5 Å². The molecule has 0 saturated heterocycles. The van der Waals surface area contributed by atoms with E-state index in [-0.39, 0.29) is 12.4 Å². The summed E-state index contributed by atoms with van der Waals surface area (Å²) in [5.41, 5.74) is 2.57. The van der Waals surface area contributed by atoms with Crippen LogP contribution in [0.2, 0.25) is 0 Å². The molecule has 0 fully saturated rings. The molecule has 0 amide bonds. The second kappa shape index (κ2) is 5.37. The number of hydrogen-bond acceptors (Lipinski definition) is 3. The van der Waals surface area contributed by atoms with Crippen molar-refractivity contribution in [2.75, 3.05) is 5.32 Å². The monoisotopic (exact) mass is 229 g/mol. The van der Waals surface area contributed by atoms with Gasteiger partial charge < -0.3 is 15.5 Å². The summed E-state index contributed by atoms with van der Waals surface area (Å²) >= 11 is 0. The van der Waals surface area contributed by atoms with E-state index in [0.29, 0.717) is 6.54 Å². The highest BCUT2D eigenvalue weighted by Gasteiger charge is 2.02. The molecule has 2 aromatic carbocycles. The van der Waals surface area contributed by atoms with Gasteiger partial charge in [0.1, 0.15) is 5.75 Å². The summed E-state index contributed by atoms with van der Waals surface area (Å²) in [7, 11) is 0. The Bertz CT molecular complexity index is 497. The van der Waals surface area contributed by atoms with Crippen LogP contribution in [0.1, 0.15) is 11.1 Å². The minimum atomic E-state index is 0.00391. The number of anilines is 1. The van der Waals surface area contributed by atoms with Crippen LogP contribution in [0.15, 0.2) is 48.5 Å². The van der Waals surface area contributed by atoms with Crippen molar-refractivity contribution in [3.8, 4) is 5.75 Å². The molecule has 17 heavy (non-hydrogen) atoms. The highest BCUT2D eigenvalue weighted by Crippen LogP contribution is 2.19. The molecule has 0 aromatic heterocycles. The van der Waals surface area contributed by atoms with Crippen LogP contribution in [0.25, 0.3) is 0 Å². The Morgan fingerprint density at radius 3 is 2.24 bits per heavy atom. The fourth-order valence-electron chi connectivity index (χ4n) is 1.68. The maximum absolute atomic E-state index is 9.63. The Morgan fingerprint density at radius 1 is 0.882 bits per heavy atom. The van der Waals surface area contributed by atoms with E-state index in [9.17, 15) is 10.2 Å². The number of nitrogens with one attached hydrogen (secondary N) is 1. The minimum absolute atomic E-state index is 0.00391. The summed E-state index contributed by atoms with van der Waals surface area (Å²) in [6.07, 6.45) is 0. The predicted molar refractivity (Wildman–Crippen MR) is 67.8 cm³/mol. The molecule has 88 valence electrons. The van der Waals surface area contributed by atoms with E-state index in [1.54, 1.807) is 12.1 Å². The lowest BCUT2D eigenvalue weighted by molar-refractivity contribution is 0.282. The average molecular weight is 229 g/mol.